The maximum atomic E-state index is 14.5. The van der Waals surface area contributed by atoms with Gasteiger partial charge < -0.3 is 9.84 Å². The molecule has 0 aliphatic carbocycles. The molecule has 1 aliphatic rings. The molecule has 1 saturated heterocycles. The van der Waals surface area contributed by atoms with E-state index in [-0.39, 0.29) is 18.7 Å². The number of rotatable bonds is 9. The lowest BCUT2D eigenvalue weighted by molar-refractivity contribution is -0.145. The average molecular weight is 712 g/mol. The van der Waals surface area contributed by atoms with E-state index in [0.29, 0.717) is 24.3 Å². The van der Waals surface area contributed by atoms with Crippen LogP contribution in [0.25, 0.3) is 23.3 Å². The number of hydrogen-bond donors (Lipinski definition) is 1. The van der Waals surface area contributed by atoms with Crippen LogP contribution >= 0.6 is 22.6 Å². The minimum absolute atomic E-state index is 0.0168. The number of hydrogen-bond acceptors (Lipinski definition) is 3. The van der Waals surface area contributed by atoms with Crippen molar-refractivity contribution >= 4 is 40.7 Å². The zero-order chi connectivity index (χ0) is 31.3. The molecule has 1 heterocycles. The van der Waals surface area contributed by atoms with Crippen LogP contribution in [0, 0.1) is 10.5 Å². The number of carbonyl (C=O) groups is 1. The monoisotopic (exact) mass is 711 g/mol. The van der Waals surface area contributed by atoms with Crippen LogP contribution in [0.4, 0.5) is 13.2 Å². The molecule has 228 valence electrons. The van der Waals surface area contributed by atoms with Crippen LogP contribution in [0.15, 0.2) is 84.9 Å². The Bertz CT molecular complexity index is 1650. The zero-order valence-corrected chi connectivity index (χ0v) is 26.4. The van der Waals surface area contributed by atoms with Crippen molar-refractivity contribution in [3.63, 3.8) is 0 Å². The first-order chi connectivity index (χ1) is 21.1. The molecule has 0 radical (unpaired) electrons. The van der Waals surface area contributed by atoms with Gasteiger partial charge in [-0.1, -0.05) is 79.2 Å². The maximum Gasteiger partial charge on any atom is 0.417 e. The number of likely N-dealkylation sites (tertiary alicyclic amines) is 1. The Morgan fingerprint density at radius 2 is 1.73 bits per heavy atom. The molecule has 0 aromatic heterocycles. The third-order valence-corrected chi connectivity index (χ3v) is 8.67. The number of nitrogens with zero attached hydrogens (tertiary/aromatic N) is 1. The lowest BCUT2D eigenvalue weighted by atomic mass is 9.95. The van der Waals surface area contributed by atoms with Crippen molar-refractivity contribution in [2.24, 2.45) is 0 Å². The molecular weight excluding hydrogens is 678 g/mol. The number of alkyl halides is 3. The van der Waals surface area contributed by atoms with Crippen molar-refractivity contribution < 1.29 is 27.8 Å². The summed E-state index contributed by atoms with van der Waals surface area (Å²) in [7, 11) is 0. The van der Waals surface area contributed by atoms with Crippen LogP contribution in [0.2, 0.25) is 0 Å². The van der Waals surface area contributed by atoms with E-state index in [2.05, 4.69) is 22.6 Å². The average Bonchev–Trinajstić information content (AvgIpc) is 3.00. The van der Waals surface area contributed by atoms with Gasteiger partial charge in [-0.05, 0) is 107 Å². The number of aliphatic carboxylic acids is 1. The van der Waals surface area contributed by atoms with Crippen LogP contribution in [0.1, 0.15) is 52.6 Å². The molecule has 0 bridgehead atoms. The van der Waals surface area contributed by atoms with Crippen LogP contribution in [0.3, 0.4) is 0 Å². The van der Waals surface area contributed by atoms with Crippen LogP contribution < -0.4 is 4.74 Å². The Labute approximate surface area is 269 Å². The van der Waals surface area contributed by atoms with Gasteiger partial charge >= 0.3 is 12.1 Å². The highest BCUT2D eigenvalue weighted by Gasteiger charge is 2.35. The van der Waals surface area contributed by atoms with Gasteiger partial charge in [0, 0.05) is 15.7 Å². The summed E-state index contributed by atoms with van der Waals surface area (Å²) < 4.78 is 50.9. The molecule has 0 unspecified atom stereocenters. The first-order valence-electron chi connectivity index (χ1n) is 14.5. The molecule has 8 heteroatoms. The highest BCUT2D eigenvalue weighted by atomic mass is 127. The molecule has 44 heavy (non-hydrogen) atoms. The summed E-state index contributed by atoms with van der Waals surface area (Å²) in [4.78, 5) is 13.7. The smallest absolute Gasteiger partial charge is 0.417 e. The van der Waals surface area contributed by atoms with Crippen LogP contribution in [-0.2, 0) is 24.1 Å². The highest BCUT2D eigenvalue weighted by molar-refractivity contribution is 14.1. The molecule has 4 aromatic carbocycles. The van der Waals surface area contributed by atoms with Crippen molar-refractivity contribution in [3.05, 3.63) is 122 Å². The van der Waals surface area contributed by atoms with E-state index in [4.69, 9.17) is 4.74 Å². The Morgan fingerprint density at radius 1 is 0.977 bits per heavy atom. The van der Waals surface area contributed by atoms with E-state index in [1.165, 1.54) is 12.1 Å². The topological polar surface area (TPSA) is 49.8 Å². The van der Waals surface area contributed by atoms with E-state index < -0.39 is 23.8 Å². The molecule has 1 N–H and O–H groups in total. The quantitative estimate of drug-likeness (QED) is 0.139. The summed E-state index contributed by atoms with van der Waals surface area (Å²) in [6.45, 7) is 2.67. The van der Waals surface area contributed by atoms with Crippen LogP contribution in [-0.4, -0.2) is 28.6 Å². The summed E-state index contributed by atoms with van der Waals surface area (Å²) in [5, 5.41) is 9.79. The highest BCUT2D eigenvalue weighted by Crippen LogP contribution is 2.38. The van der Waals surface area contributed by atoms with E-state index >= 15 is 0 Å². The van der Waals surface area contributed by atoms with E-state index in [1.807, 2.05) is 79.7 Å². The van der Waals surface area contributed by atoms with Gasteiger partial charge in [0.1, 0.15) is 18.4 Å². The number of carboxylic acids is 1. The van der Waals surface area contributed by atoms with Gasteiger partial charge in [-0.25, -0.2) is 0 Å². The van der Waals surface area contributed by atoms with Crippen molar-refractivity contribution in [2.45, 2.75) is 51.6 Å². The lowest BCUT2D eigenvalue weighted by Crippen LogP contribution is -2.44. The Balaban J connectivity index is 1.55. The second kappa shape index (κ2) is 14.0. The third-order valence-electron chi connectivity index (χ3n) is 8.00. The van der Waals surface area contributed by atoms with Gasteiger partial charge in [-0.15, -0.1) is 0 Å². The maximum absolute atomic E-state index is 14.5. The van der Waals surface area contributed by atoms with E-state index in [1.54, 1.807) is 11.0 Å². The van der Waals surface area contributed by atoms with Crippen LogP contribution in [0.5, 0.6) is 5.75 Å². The predicted molar refractivity (Wildman–Crippen MR) is 176 cm³/mol. The number of halogens is 4. The number of piperidine rings is 1. The van der Waals surface area contributed by atoms with Crippen molar-refractivity contribution in [2.75, 3.05) is 6.54 Å². The minimum Gasteiger partial charge on any atom is -0.489 e. The predicted octanol–water partition coefficient (Wildman–Crippen LogP) is 9.47. The normalized spacial score (nSPS) is 15.9. The molecule has 1 fully saturated rings. The Morgan fingerprint density at radius 3 is 2.45 bits per heavy atom. The number of carboxylic acid groups (broad SMARTS) is 1. The van der Waals surface area contributed by atoms with Crippen molar-refractivity contribution in [1.29, 1.82) is 0 Å². The minimum atomic E-state index is -4.63. The fraction of sp³-hybridized carbons (Fsp3) is 0.250. The van der Waals surface area contributed by atoms with Gasteiger partial charge in [0.2, 0.25) is 0 Å². The van der Waals surface area contributed by atoms with Gasteiger partial charge in [0.25, 0.3) is 0 Å². The summed E-state index contributed by atoms with van der Waals surface area (Å²) in [5.41, 5.74) is 4.20. The van der Waals surface area contributed by atoms with Gasteiger partial charge in [0.15, 0.2) is 0 Å². The largest absolute Gasteiger partial charge is 0.489 e. The SMILES string of the molecule is Cc1c(/C=C/c2cc(OCc3cccc(I)c3)c(CN3CCCC[C@H]3C(=O)O)cc2C(F)(F)F)cccc1-c1ccccc1. The molecule has 0 spiro atoms. The summed E-state index contributed by atoms with van der Waals surface area (Å²) in [6, 6.07) is 25.2. The second-order valence-corrected chi connectivity index (χ2v) is 12.2. The fourth-order valence-electron chi connectivity index (χ4n) is 5.69. The second-order valence-electron chi connectivity index (χ2n) is 11.0. The van der Waals surface area contributed by atoms with Gasteiger partial charge in [-0.3, -0.25) is 9.69 Å². The molecule has 5 rings (SSSR count). The molecule has 4 aromatic rings. The molecule has 1 atom stereocenters. The summed E-state index contributed by atoms with van der Waals surface area (Å²) >= 11 is 2.20. The van der Waals surface area contributed by atoms with Gasteiger partial charge in [-0.2, -0.15) is 13.2 Å². The molecular formula is C36H33F3INO3. The summed E-state index contributed by atoms with van der Waals surface area (Å²) in [5.74, 6) is -0.657. The van der Waals surface area contributed by atoms with Gasteiger partial charge in [0.05, 0.1) is 5.56 Å². The Kier molecular flexibility index (Phi) is 10.1. The number of ether oxygens (including phenoxy) is 1. The zero-order valence-electron chi connectivity index (χ0n) is 24.3. The fourth-order valence-corrected chi connectivity index (χ4v) is 6.30. The first-order valence-corrected chi connectivity index (χ1v) is 15.6. The first kappa shape index (κ1) is 31.8. The Hall–Kier alpha value is -3.63. The standard InChI is InChI=1S/C36H33F3INO3/c1-24-26(12-8-14-31(24)27-10-3-2-4-11-27)16-17-28-21-34(44-23-25-9-7-13-30(40)19-25)29(20-32(28)36(37,38)39)22-41-18-6-5-15-33(41)35(42)43/h2-4,7-14,16-17,19-21,33H,5-6,15,18,22-23H2,1H3,(H,42,43)/b17-16+/t33-/m0/s1. The molecule has 0 amide bonds. The lowest BCUT2D eigenvalue weighted by Gasteiger charge is -2.33. The summed E-state index contributed by atoms with van der Waals surface area (Å²) in [6.07, 6.45) is 0.589. The molecule has 1 aliphatic heterocycles. The van der Waals surface area contributed by atoms with E-state index in [9.17, 15) is 23.1 Å². The molecule has 4 nitrogen and oxygen atoms in total. The number of benzene rings is 4. The van der Waals surface area contributed by atoms with Crippen molar-refractivity contribution in [1.82, 2.24) is 4.90 Å². The third kappa shape index (κ3) is 7.71. The van der Waals surface area contributed by atoms with Crippen molar-refractivity contribution in [3.8, 4) is 16.9 Å². The van der Waals surface area contributed by atoms with E-state index in [0.717, 1.165) is 50.3 Å². The molecule has 0 saturated carbocycles.